The molecule has 6 heteroatoms. The minimum Gasteiger partial charge on any atom is -0.488 e. The standard InChI is InChI=1S/C12H13NO5/c1-8(2)6-7-18-10-5-3-4-9(13(16)17)11(10)12(14)15/h3-6H,7H2,1-2H3,(H,14,15). The molecule has 0 aliphatic carbocycles. The Hall–Kier alpha value is -2.37. The molecule has 6 nitrogen and oxygen atoms in total. The first-order valence-corrected chi connectivity index (χ1v) is 5.20. The zero-order valence-electron chi connectivity index (χ0n) is 10.0. The Morgan fingerprint density at radius 1 is 1.50 bits per heavy atom. The van der Waals surface area contributed by atoms with Crippen molar-refractivity contribution in [2.45, 2.75) is 13.8 Å². The van der Waals surface area contributed by atoms with Crippen LogP contribution >= 0.6 is 0 Å². The summed E-state index contributed by atoms with van der Waals surface area (Å²) in [6, 6.07) is 3.93. The molecule has 0 saturated carbocycles. The van der Waals surface area contributed by atoms with Crippen LogP contribution in [0, 0.1) is 10.1 Å². The van der Waals surface area contributed by atoms with Gasteiger partial charge in [0.25, 0.3) is 5.69 Å². The zero-order valence-corrected chi connectivity index (χ0v) is 10.0. The van der Waals surface area contributed by atoms with Gasteiger partial charge in [-0.05, 0) is 26.0 Å². The molecule has 1 aromatic carbocycles. The molecule has 1 rings (SSSR count). The number of aromatic carboxylic acids is 1. The summed E-state index contributed by atoms with van der Waals surface area (Å²) in [5.74, 6) is -1.39. The normalized spacial score (nSPS) is 9.67. The van der Waals surface area contributed by atoms with Crippen molar-refractivity contribution in [3.05, 3.63) is 45.5 Å². The largest absolute Gasteiger partial charge is 0.488 e. The van der Waals surface area contributed by atoms with Gasteiger partial charge in [0.15, 0.2) is 5.56 Å². The summed E-state index contributed by atoms with van der Waals surface area (Å²) < 4.78 is 5.24. The lowest BCUT2D eigenvalue weighted by Crippen LogP contribution is -2.07. The third-order valence-electron chi connectivity index (χ3n) is 2.15. The van der Waals surface area contributed by atoms with E-state index < -0.39 is 22.1 Å². The van der Waals surface area contributed by atoms with E-state index in [4.69, 9.17) is 9.84 Å². The summed E-state index contributed by atoms with van der Waals surface area (Å²) in [6.45, 7) is 3.91. The molecule has 0 bridgehead atoms. The first kappa shape index (κ1) is 13.7. The van der Waals surface area contributed by atoms with Crippen molar-refractivity contribution in [2.75, 3.05) is 6.61 Å². The predicted octanol–water partition coefficient (Wildman–Crippen LogP) is 2.64. The van der Waals surface area contributed by atoms with Crippen molar-refractivity contribution in [1.29, 1.82) is 0 Å². The lowest BCUT2D eigenvalue weighted by Gasteiger charge is -2.07. The highest BCUT2D eigenvalue weighted by atomic mass is 16.6. The van der Waals surface area contributed by atoms with Crippen molar-refractivity contribution >= 4 is 11.7 Å². The predicted molar refractivity (Wildman–Crippen MR) is 65.0 cm³/mol. The number of nitro groups is 1. The lowest BCUT2D eigenvalue weighted by molar-refractivity contribution is -0.385. The van der Waals surface area contributed by atoms with Crippen LogP contribution in [0.15, 0.2) is 29.8 Å². The van der Waals surface area contributed by atoms with Crippen LogP contribution < -0.4 is 4.74 Å². The third-order valence-corrected chi connectivity index (χ3v) is 2.15. The minimum atomic E-state index is -1.38. The van der Waals surface area contributed by atoms with Gasteiger partial charge in [-0.2, -0.15) is 0 Å². The summed E-state index contributed by atoms with van der Waals surface area (Å²) in [7, 11) is 0. The van der Waals surface area contributed by atoms with E-state index in [0.29, 0.717) is 0 Å². The molecule has 0 aliphatic heterocycles. The van der Waals surface area contributed by atoms with E-state index in [0.717, 1.165) is 11.6 Å². The summed E-state index contributed by atoms with van der Waals surface area (Å²) in [4.78, 5) is 21.0. The molecule has 0 radical (unpaired) electrons. The Morgan fingerprint density at radius 2 is 2.17 bits per heavy atom. The van der Waals surface area contributed by atoms with E-state index >= 15 is 0 Å². The number of allylic oxidation sites excluding steroid dienone is 1. The summed E-state index contributed by atoms with van der Waals surface area (Å²) >= 11 is 0. The molecule has 0 fully saturated rings. The number of rotatable bonds is 5. The van der Waals surface area contributed by atoms with Gasteiger partial charge >= 0.3 is 5.97 Å². The topological polar surface area (TPSA) is 89.7 Å². The van der Waals surface area contributed by atoms with Crippen molar-refractivity contribution < 1.29 is 19.6 Å². The van der Waals surface area contributed by atoms with Crippen LogP contribution in [0.25, 0.3) is 0 Å². The first-order chi connectivity index (χ1) is 8.43. The van der Waals surface area contributed by atoms with Crippen LogP contribution in [0.5, 0.6) is 5.75 Å². The van der Waals surface area contributed by atoms with Gasteiger partial charge in [-0.3, -0.25) is 10.1 Å². The van der Waals surface area contributed by atoms with E-state index in [9.17, 15) is 14.9 Å². The molecule has 0 atom stereocenters. The molecule has 0 amide bonds. The van der Waals surface area contributed by atoms with Gasteiger partial charge in [0.05, 0.1) is 4.92 Å². The maximum Gasteiger partial charge on any atom is 0.346 e. The van der Waals surface area contributed by atoms with Crippen LogP contribution in [0.3, 0.4) is 0 Å². The molecule has 0 aromatic heterocycles. The third kappa shape index (κ3) is 3.31. The maximum atomic E-state index is 11.0. The van der Waals surface area contributed by atoms with Gasteiger partial charge in [0.2, 0.25) is 0 Å². The van der Waals surface area contributed by atoms with Crippen molar-refractivity contribution in [3.8, 4) is 5.75 Å². The summed E-state index contributed by atoms with van der Waals surface area (Å²) in [5.41, 5.74) is 0.110. The Morgan fingerprint density at radius 3 is 2.67 bits per heavy atom. The number of nitrogens with zero attached hydrogens (tertiary/aromatic N) is 1. The van der Waals surface area contributed by atoms with Gasteiger partial charge in [-0.15, -0.1) is 0 Å². The van der Waals surface area contributed by atoms with E-state index in [-0.39, 0.29) is 12.4 Å². The molecule has 1 aromatic rings. The molecule has 0 spiro atoms. The average molecular weight is 251 g/mol. The van der Waals surface area contributed by atoms with Gasteiger partial charge in [0.1, 0.15) is 12.4 Å². The Kier molecular flexibility index (Phi) is 4.42. The second kappa shape index (κ2) is 5.81. The van der Waals surface area contributed by atoms with E-state index in [1.807, 2.05) is 13.8 Å². The molecule has 0 heterocycles. The monoisotopic (exact) mass is 251 g/mol. The summed E-state index contributed by atoms with van der Waals surface area (Å²) in [6.07, 6.45) is 1.75. The smallest absolute Gasteiger partial charge is 0.346 e. The number of carbonyl (C=O) groups is 1. The molecule has 18 heavy (non-hydrogen) atoms. The fraction of sp³-hybridized carbons (Fsp3) is 0.250. The second-order valence-corrected chi connectivity index (χ2v) is 3.81. The van der Waals surface area contributed by atoms with Gasteiger partial charge in [-0.1, -0.05) is 11.6 Å². The lowest BCUT2D eigenvalue weighted by atomic mass is 10.1. The first-order valence-electron chi connectivity index (χ1n) is 5.20. The number of carboxylic acid groups (broad SMARTS) is 1. The van der Waals surface area contributed by atoms with Crippen LogP contribution in [0.2, 0.25) is 0 Å². The molecule has 0 unspecified atom stereocenters. The highest BCUT2D eigenvalue weighted by Gasteiger charge is 2.24. The molecular weight excluding hydrogens is 238 g/mol. The quantitative estimate of drug-likeness (QED) is 0.493. The van der Waals surface area contributed by atoms with Gasteiger partial charge < -0.3 is 9.84 Å². The molecular formula is C12H13NO5. The maximum absolute atomic E-state index is 11.0. The van der Waals surface area contributed by atoms with Crippen LogP contribution in [-0.2, 0) is 0 Å². The minimum absolute atomic E-state index is 0.00537. The SMILES string of the molecule is CC(C)=CCOc1cccc([N+](=O)[O-])c1C(=O)O. The Labute approximate surface area is 104 Å². The molecule has 0 saturated heterocycles. The van der Waals surface area contributed by atoms with Gasteiger partial charge in [-0.25, -0.2) is 4.79 Å². The van der Waals surface area contributed by atoms with Crippen molar-refractivity contribution in [2.24, 2.45) is 0 Å². The van der Waals surface area contributed by atoms with E-state index in [1.54, 1.807) is 6.08 Å². The number of hydrogen-bond acceptors (Lipinski definition) is 4. The van der Waals surface area contributed by atoms with Crippen LogP contribution in [0.1, 0.15) is 24.2 Å². The number of benzene rings is 1. The number of ether oxygens (including phenoxy) is 1. The van der Waals surface area contributed by atoms with Crippen molar-refractivity contribution in [1.82, 2.24) is 0 Å². The Bertz CT molecular complexity index is 503. The van der Waals surface area contributed by atoms with E-state index in [1.165, 1.54) is 12.1 Å². The van der Waals surface area contributed by atoms with Crippen molar-refractivity contribution in [3.63, 3.8) is 0 Å². The molecule has 1 N–H and O–H groups in total. The number of carboxylic acids is 1. The second-order valence-electron chi connectivity index (χ2n) is 3.81. The average Bonchev–Trinajstić information content (AvgIpc) is 2.27. The summed E-state index contributed by atoms with van der Waals surface area (Å²) in [5, 5.41) is 19.7. The fourth-order valence-corrected chi connectivity index (χ4v) is 1.31. The van der Waals surface area contributed by atoms with Gasteiger partial charge in [0, 0.05) is 6.07 Å². The number of nitro benzene ring substituents is 1. The van der Waals surface area contributed by atoms with Crippen LogP contribution in [-0.4, -0.2) is 22.6 Å². The molecule has 0 aliphatic rings. The fourth-order valence-electron chi connectivity index (χ4n) is 1.31. The zero-order chi connectivity index (χ0) is 13.7. The number of hydrogen-bond donors (Lipinski definition) is 1. The van der Waals surface area contributed by atoms with E-state index in [2.05, 4.69) is 0 Å². The highest BCUT2D eigenvalue weighted by Crippen LogP contribution is 2.28. The molecule has 96 valence electrons. The Balaban J connectivity index is 3.11. The van der Waals surface area contributed by atoms with Crippen LogP contribution in [0.4, 0.5) is 5.69 Å². The highest BCUT2D eigenvalue weighted by molar-refractivity contribution is 5.95.